The van der Waals surface area contributed by atoms with Crippen LogP contribution in [0, 0.1) is 0 Å². The van der Waals surface area contributed by atoms with E-state index in [2.05, 4.69) is 32.6 Å². The van der Waals surface area contributed by atoms with Crippen molar-refractivity contribution in [3.05, 3.63) is 53.6 Å². The number of urea groups is 1. The third-order valence-electron chi connectivity index (χ3n) is 4.63. The van der Waals surface area contributed by atoms with Gasteiger partial charge in [0.25, 0.3) is 0 Å². The average Bonchev–Trinajstić information content (AvgIpc) is 2.70. The van der Waals surface area contributed by atoms with Crippen molar-refractivity contribution in [3.8, 4) is 5.75 Å². The molecular weight excluding hydrogens is 364 g/mol. The number of halogens is 1. The second-order valence-electron chi connectivity index (χ2n) is 6.41. The summed E-state index contributed by atoms with van der Waals surface area (Å²) in [6, 6.07) is 15.0. The second kappa shape index (κ2) is 9.48. The van der Waals surface area contributed by atoms with Gasteiger partial charge in [-0.05, 0) is 48.5 Å². The van der Waals surface area contributed by atoms with Gasteiger partial charge in [0.1, 0.15) is 5.75 Å². The number of hydrogen-bond donors (Lipinski definition) is 2. The van der Waals surface area contributed by atoms with E-state index in [1.807, 2.05) is 36.4 Å². The van der Waals surface area contributed by atoms with Crippen LogP contribution >= 0.6 is 11.6 Å². The zero-order chi connectivity index (χ0) is 19.1. The highest BCUT2D eigenvalue weighted by atomic mass is 35.5. The van der Waals surface area contributed by atoms with Crippen molar-refractivity contribution in [2.75, 3.05) is 56.6 Å². The molecule has 0 aromatic heterocycles. The maximum Gasteiger partial charge on any atom is 0.319 e. The summed E-state index contributed by atoms with van der Waals surface area (Å²) < 4.78 is 5.10. The first-order chi connectivity index (χ1) is 13.1. The molecule has 7 heteroatoms. The third kappa shape index (κ3) is 5.77. The van der Waals surface area contributed by atoms with Gasteiger partial charge in [0.15, 0.2) is 0 Å². The minimum Gasteiger partial charge on any atom is -0.497 e. The fourth-order valence-corrected chi connectivity index (χ4v) is 3.18. The average molecular weight is 389 g/mol. The van der Waals surface area contributed by atoms with Gasteiger partial charge in [0.2, 0.25) is 0 Å². The molecule has 1 heterocycles. The van der Waals surface area contributed by atoms with Gasteiger partial charge in [0, 0.05) is 55.7 Å². The predicted octanol–water partition coefficient (Wildman–Crippen LogP) is 3.29. The van der Waals surface area contributed by atoms with Crippen LogP contribution in [0.25, 0.3) is 0 Å². The number of nitrogens with one attached hydrogen (secondary N) is 2. The van der Waals surface area contributed by atoms with E-state index in [-0.39, 0.29) is 6.03 Å². The monoisotopic (exact) mass is 388 g/mol. The van der Waals surface area contributed by atoms with Crippen LogP contribution in [0.1, 0.15) is 0 Å². The summed E-state index contributed by atoms with van der Waals surface area (Å²) >= 11 is 5.95. The maximum absolute atomic E-state index is 12.0. The molecule has 3 rings (SSSR count). The molecule has 2 amide bonds. The molecule has 144 valence electrons. The Labute approximate surface area is 165 Å². The fourth-order valence-electron chi connectivity index (χ4n) is 3.06. The molecule has 2 aromatic rings. The largest absolute Gasteiger partial charge is 0.497 e. The summed E-state index contributed by atoms with van der Waals surface area (Å²) in [4.78, 5) is 16.7. The lowest BCUT2D eigenvalue weighted by molar-refractivity contribution is 0.240. The fraction of sp³-hybridized carbons (Fsp3) is 0.350. The molecule has 1 fully saturated rings. The van der Waals surface area contributed by atoms with Crippen molar-refractivity contribution in [2.24, 2.45) is 0 Å². The Morgan fingerprint density at radius 1 is 1.04 bits per heavy atom. The number of piperazine rings is 1. The molecule has 0 unspecified atom stereocenters. The summed E-state index contributed by atoms with van der Waals surface area (Å²) in [5, 5.41) is 6.49. The smallest absolute Gasteiger partial charge is 0.319 e. The second-order valence-corrected chi connectivity index (χ2v) is 6.85. The number of anilines is 2. The van der Waals surface area contributed by atoms with E-state index in [0.717, 1.165) is 49.2 Å². The summed E-state index contributed by atoms with van der Waals surface area (Å²) in [6.07, 6.45) is 0. The Kier molecular flexibility index (Phi) is 6.79. The SMILES string of the molecule is COc1ccc(NC(=O)NCCN2CCN(c3ccc(Cl)cc3)CC2)cc1. The van der Waals surface area contributed by atoms with E-state index < -0.39 is 0 Å². The van der Waals surface area contributed by atoms with Crippen molar-refractivity contribution < 1.29 is 9.53 Å². The topological polar surface area (TPSA) is 56.8 Å². The Balaban J connectivity index is 1.35. The molecular formula is C20H25ClN4O2. The molecule has 0 saturated carbocycles. The van der Waals surface area contributed by atoms with Crippen LogP contribution in [0.4, 0.5) is 16.2 Å². The lowest BCUT2D eigenvalue weighted by Gasteiger charge is -2.36. The molecule has 0 atom stereocenters. The lowest BCUT2D eigenvalue weighted by atomic mass is 10.2. The van der Waals surface area contributed by atoms with Crippen LogP contribution in [0.3, 0.4) is 0 Å². The van der Waals surface area contributed by atoms with Gasteiger partial charge in [0.05, 0.1) is 7.11 Å². The van der Waals surface area contributed by atoms with Crippen LogP contribution < -0.4 is 20.3 Å². The standard InChI is InChI=1S/C20H25ClN4O2/c1-27-19-8-4-17(5-9-19)23-20(26)22-10-11-24-12-14-25(15-13-24)18-6-2-16(21)3-7-18/h2-9H,10-15H2,1H3,(H2,22,23,26). The van der Waals surface area contributed by atoms with Crippen molar-refractivity contribution in [1.29, 1.82) is 0 Å². The molecule has 2 N–H and O–H groups in total. The quantitative estimate of drug-likeness (QED) is 0.797. The summed E-state index contributed by atoms with van der Waals surface area (Å²) in [5.74, 6) is 0.763. The third-order valence-corrected chi connectivity index (χ3v) is 4.88. The lowest BCUT2D eigenvalue weighted by Crippen LogP contribution is -2.48. The first kappa shape index (κ1) is 19.3. The van der Waals surface area contributed by atoms with E-state index in [9.17, 15) is 4.79 Å². The van der Waals surface area contributed by atoms with Crippen LogP contribution in [-0.4, -0.2) is 57.3 Å². The van der Waals surface area contributed by atoms with Crippen LogP contribution in [0.15, 0.2) is 48.5 Å². The molecule has 27 heavy (non-hydrogen) atoms. The van der Waals surface area contributed by atoms with Gasteiger partial charge in [-0.25, -0.2) is 4.79 Å². The van der Waals surface area contributed by atoms with Crippen molar-refractivity contribution in [3.63, 3.8) is 0 Å². The van der Waals surface area contributed by atoms with Crippen molar-refractivity contribution >= 4 is 29.0 Å². The number of amides is 2. The molecule has 6 nitrogen and oxygen atoms in total. The first-order valence-corrected chi connectivity index (χ1v) is 9.43. The predicted molar refractivity (Wildman–Crippen MR) is 110 cm³/mol. The van der Waals surface area contributed by atoms with Crippen LogP contribution in [0.2, 0.25) is 5.02 Å². The Bertz CT molecular complexity index is 729. The number of carbonyl (C=O) groups excluding carboxylic acids is 1. The highest BCUT2D eigenvalue weighted by molar-refractivity contribution is 6.30. The molecule has 1 aliphatic rings. The number of hydrogen-bond acceptors (Lipinski definition) is 4. The van der Waals surface area contributed by atoms with E-state index in [4.69, 9.17) is 16.3 Å². The van der Waals surface area contributed by atoms with Crippen molar-refractivity contribution in [2.45, 2.75) is 0 Å². The zero-order valence-electron chi connectivity index (χ0n) is 15.5. The normalized spacial score (nSPS) is 14.7. The van der Waals surface area contributed by atoms with Gasteiger partial charge in [-0.1, -0.05) is 11.6 Å². The number of rotatable bonds is 6. The molecule has 0 spiro atoms. The van der Waals surface area contributed by atoms with Crippen LogP contribution in [-0.2, 0) is 0 Å². The Morgan fingerprint density at radius 3 is 2.33 bits per heavy atom. The number of methoxy groups -OCH3 is 1. The molecule has 2 aromatic carbocycles. The first-order valence-electron chi connectivity index (χ1n) is 9.06. The molecule has 0 radical (unpaired) electrons. The Hall–Kier alpha value is -2.44. The number of ether oxygens (including phenoxy) is 1. The summed E-state index contributed by atoms with van der Waals surface area (Å²) in [6.45, 7) is 5.35. The number of carbonyl (C=O) groups is 1. The zero-order valence-corrected chi connectivity index (χ0v) is 16.2. The number of nitrogens with zero attached hydrogens (tertiary/aromatic N) is 2. The minimum absolute atomic E-state index is 0.194. The van der Waals surface area contributed by atoms with E-state index >= 15 is 0 Å². The Morgan fingerprint density at radius 2 is 1.70 bits per heavy atom. The molecule has 0 bridgehead atoms. The van der Waals surface area contributed by atoms with Gasteiger partial charge in [-0.3, -0.25) is 4.90 Å². The minimum atomic E-state index is -0.194. The van der Waals surface area contributed by atoms with Gasteiger partial charge >= 0.3 is 6.03 Å². The molecule has 1 saturated heterocycles. The number of benzene rings is 2. The highest BCUT2D eigenvalue weighted by Crippen LogP contribution is 2.19. The molecule has 0 aliphatic carbocycles. The van der Waals surface area contributed by atoms with E-state index in [0.29, 0.717) is 6.54 Å². The highest BCUT2D eigenvalue weighted by Gasteiger charge is 2.17. The van der Waals surface area contributed by atoms with Crippen LogP contribution in [0.5, 0.6) is 5.75 Å². The van der Waals surface area contributed by atoms with Gasteiger partial charge in [-0.2, -0.15) is 0 Å². The van der Waals surface area contributed by atoms with Gasteiger partial charge < -0.3 is 20.3 Å². The maximum atomic E-state index is 12.0. The van der Waals surface area contributed by atoms with E-state index in [1.165, 1.54) is 5.69 Å². The van der Waals surface area contributed by atoms with Gasteiger partial charge in [-0.15, -0.1) is 0 Å². The summed E-state index contributed by atoms with van der Waals surface area (Å²) in [5.41, 5.74) is 1.95. The van der Waals surface area contributed by atoms with E-state index in [1.54, 1.807) is 7.11 Å². The molecule has 1 aliphatic heterocycles. The summed E-state index contributed by atoms with van der Waals surface area (Å²) in [7, 11) is 1.62. The van der Waals surface area contributed by atoms with Crippen molar-refractivity contribution in [1.82, 2.24) is 10.2 Å².